The molecule has 106 valence electrons. The Morgan fingerprint density at radius 3 is 2.50 bits per heavy atom. The molecule has 1 aromatic carbocycles. The molecule has 0 saturated heterocycles. The highest BCUT2D eigenvalue weighted by molar-refractivity contribution is 5.87. The Balaban J connectivity index is 2.07. The summed E-state index contributed by atoms with van der Waals surface area (Å²) in [4.78, 5) is 15.2. The van der Waals surface area contributed by atoms with Crippen molar-refractivity contribution in [2.45, 2.75) is 39.7 Å². The standard InChI is InChI=1S/C15H19N3O2/c1-10(2)14-16-11(3)17-18(14)9-8-12-4-6-13(7-5-12)15(19)20/h4-7,10H,8-9H2,1-3H3,(H,19,20). The smallest absolute Gasteiger partial charge is 0.335 e. The van der Waals surface area contributed by atoms with Crippen molar-refractivity contribution in [2.75, 3.05) is 0 Å². The minimum atomic E-state index is -0.898. The van der Waals surface area contributed by atoms with Crippen molar-refractivity contribution in [3.05, 3.63) is 47.0 Å². The van der Waals surface area contributed by atoms with E-state index in [2.05, 4.69) is 23.9 Å². The number of aromatic carboxylic acids is 1. The summed E-state index contributed by atoms with van der Waals surface area (Å²) in [5, 5.41) is 13.3. The summed E-state index contributed by atoms with van der Waals surface area (Å²) in [5.74, 6) is 1.22. The van der Waals surface area contributed by atoms with Crippen molar-refractivity contribution in [3.63, 3.8) is 0 Å². The van der Waals surface area contributed by atoms with Crippen LogP contribution in [-0.2, 0) is 13.0 Å². The molecule has 0 aliphatic heterocycles. The molecule has 1 heterocycles. The normalized spacial score (nSPS) is 11.0. The van der Waals surface area contributed by atoms with Gasteiger partial charge in [-0.25, -0.2) is 14.5 Å². The molecule has 2 aromatic rings. The number of carboxylic acids is 1. The number of carboxylic acid groups (broad SMARTS) is 1. The Hall–Kier alpha value is -2.17. The lowest BCUT2D eigenvalue weighted by Gasteiger charge is -2.08. The molecular formula is C15H19N3O2. The third kappa shape index (κ3) is 3.23. The zero-order chi connectivity index (χ0) is 14.7. The molecule has 0 radical (unpaired) electrons. The summed E-state index contributed by atoms with van der Waals surface area (Å²) >= 11 is 0. The average molecular weight is 273 g/mol. The molecule has 0 saturated carbocycles. The molecule has 0 spiro atoms. The van der Waals surface area contributed by atoms with Gasteiger partial charge in [-0.15, -0.1) is 0 Å². The minimum Gasteiger partial charge on any atom is -0.478 e. The van der Waals surface area contributed by atoms with Gasteiger partial charge in [0.1, 0.15) is 11.6 Å². The SMILES string of the molecule is Cc1nc(C(C)C)n(CCc2ccc(C(=O)O)cc2)n1. The van der Waals surface area contributed by atoms with Gasteiger partial charge in [-0.1, -0.05) is 26.0 Å². The van der Waals surface area contributed by atoms with Gasteiger partial charge in [-0.2, -0.15) is 5.10 Å². The lowest BCUT2D eigenvalue weighted by molar-refractivity contribution is 0.0697. The van der Waals surface area contributed by atoms with Crippen LogP contribution in [0.2, 0.25) is 0 Å². The summed E-state index contributed by atoms with van der Waals surface area (Å²) in [7, 11) is 0. The van der Waals surface area contributed by atoms with Crippen LogP contribution >= 0.6 is 0 Å². The number of nitrogens with zero attached hydrogens (tertiary/aromatic N) is 3. The monoisotopic (exact) mass is 273 g/mol. The second kappa shape index (κ2) is 5.86. The molecule has 20 heavy (non-hydrogen) atoms. The van der Waals surface area contributed by atoms with Crippen LogP contribution in [0.5, 0.6) is 0 Å². The fourth-order valence-electron chi connectivity index (χ4n) is 2.11. The van der Waals surface area contributed by atoms with Gasteiger partial charge < -0.3 is 5.11 Å². The van der Waals surface area contributed by atoms with Crippen molar-refractivity contribution in [3.8, 4) is 0 Å². The van der Waals surface area contributed by atoms with E-state index in [9.17, 15) is 4.79 Å². The molecule has 0 aliphatic rings. The summed E-state index contributed by atoms with van der Waals surface area (Å²) in [5.41, 5.74) is 1.41. The van der Waals surface area contributed by atoms with Crippen LogP contribution in [0.15, 0.2) is 24.3 Å². The van der Waals surface area contributed by atoms with Gasteiger partial charge in [0.2, 0.25) is 0 Å². The van der Waals surface area contributed by atoms with Crippen molar-refractivity contribution in [1.29, 1.82) is 0 Å². The van der Waals surface area contributed by atoms with Gasteiger partial charge in [0.05, 0.1) is 5.56 Å². The number of benzene rings is 1. The van der Waals surface area contributed by atoms with Crippen LogP contribution in [0.3, 0.4) is 0 Å². The zero-order valence-corrected chi connectivity index (χ0v) is 12.0. The van der Waals surface area contributed by atoms with Crippen molar-refractivity contribution < 1.29 is 9.90 Å². The first-order valence-corrected chi connectivity index (χ1v) is 6.71. The van der Waals surface area contributed by atoms with Crippen LogP contribution < -0.4 is 0 Å². The Labute approximate surface area is 118 Å². The molecule has 0 unspecified atom stereocenters. The number of hydrogen-bond donors (Lipinski definition) is 1. The van der Waals surface area contributed by atoms with Crippen LogP contribution in [0.25, 0.3) is 0 Å². The Kier molecular flexibility index (Phi) is 4.17. The van der Waals surface area contributed by atoms with Crippen molar-refractivity contribution in [1.82, 2.24) is 14.8 Å². The van der Waals surface area contributed by atoms with E-state index in [1.54, 1.807) is 12.1 Å². The van der Waals surface area contributed by atoms with Crippen LogP contribution in [-0.4, -0.2) is 25.8 Å². The van der Waals surface area contributed by atoms with Crippen molar-refractivity contribution >= 4 is 5.97 Å². The Morgan fingerprint density at radius 1 is 1.30 bits per heavy atom. The van der Waals surface area contributed by atoms with E-state index >= 15 is 0 Å². The summed E-state index contributed by atoms with van der Waals surface area (Å²) in [6, 6.07) is 6.96. The van der Waals surface area contributed by atoms with E-state index in [0.29, 0.717) is 11.5 Å². The van der Waals surface area contributed by atoms with E-state index < -0.39 is 5.97 Å². The molecule has 0 fully saturated rings. The van der Waals surface area contributed by atoms with Gasteiger partial charge in [0.25, 0.3) is 0 Å². The van der Waals surface area contributed by atoms with Gasteiger partial charge in [-0.05, 0) is 31.0 Å². The molecular weight excluding hydrogens is 254 g/mol. The minimum absolute atomic E-state index is 0.313. The van der Waals surface area contributed by atoms with E-state index in [-0.39, 0.29) is 0 Å². The quantitative estimate of drug-likeness (QED) is 0.909. The lowest BCUT2D eigenvalue weighted by Crippen LogP contribution is -2.09. The predicted octanol–water partition coefficient (Wildman–Crippen LogP) is 2.65. The first-order valence-electron chi connectivity index (χ1n) is 6.71. The highest BCUT2D eigenvalue weighted by Gasteiger charge is 2.11. The Bertz CT molecular complexity index is 600. The number of rotatable bonds is 5. The summed E-state index contributed by atoms with van der Waals surface area (Å²) in [6.45, 7) is 6.84. The van der Waals surface area contributed by atoms with Crippen LogP contribution in [0, 0.1) is 6.92 Å². The van der Waals surface area contributed by atoms with Gasteiger partial charge in [-0.3, -0.25) is 0 Å². The van der Waals surface area contributed by atoms with E-state index in [4.69, 9.17) is 5.11 Å². The molecule has 5 nitrogen and oxygen atoms in total. The maximum absolute atomic E-state index is 10.8. The van der Waals surface area contributed by atoms with E-state index in [1.165, 1.54) is 0 Å². The van der Waals surface area contributed by atoms with Crippen molar-refractivity contribution in [2.24, 2.45) is 0 Å². The first-order chi connectivity index (χ1) is 9.47. The van der Waals surface area contributed by atoms with E-state index in [0.717, 1.165) is 30.2 Å². The summed E-state index contributed by atoms with van der Waals surface area (Å²) in [6.07, 6.45) is 0.808. The molecule has 1 aromatic heterocycles. The maximum Gasteiger partial charge on any atom is 0.335 e. The molecule has 0 aliphatic carbocycles. The lowest BCUT2D eigenvalue weighted by atomic mass is 10.1. The summed E-state index contributed by atoms with van der Waals surface area (Å²) < 4.78 is 1.94. The highest BCUT2D eigenvalue weighted by atomic mass is 16.4. The second-order valence-corrected chi connectivity index (χ2v) is 5.15. The zero-order valence-electron chi connectivity index (χ0n) is 12.0. The number of aromatic nitrogens is 3. The van der Waals surface area contributed by atoms with Gasteiger partial charge in [0, 0.05) is 12.5 Å². The average Bonchev–Trinajstić information content (AvgIpc) is 2.78. The fraction of sp³-hybridized carbons (Fsp3) is 0.400. The number of carbonyl (C=O) groups is 1. The molecule has 1 N–H and O–H groups in total. The maximum atomic E-state index is 10.8. The number of hydrogen-bond acceptors (Lipinski definition) is 3. The van der Waals surface area contributed by atoms with Gasteiger partial charge >= 0.3 is 5.97 Å². The molecule has 0 amide bonds. The molecule has 0 bridgehead atoms. The third-order valence-electron chi connectivity index (χ3n) is 3.14. The molecule has 2 rings (SSSR count). The topological polar surface area (TPSA) is 68.0 Å². The van der Waals surface area contributed by atoms with Crippen LogP contribution in [0.1, 0.15) is 47.3 Å². The van der Waals surface area contributed by atoms with Crippen LogP contribution in [0.4, 0.5) is 0 Å². The van der Waals surface area contributed by atoms with Gasteiger partial charge in [0.15, 0.2) is 0 Å². The fourth-order valence-corrected chi connectivity index (χ4v) is 2.11. The Morgan fingerprint density at radius 2 is 1.95 bits per heavy atom. The largest absolute Gasteiger partial charge is 0.478 e. The van der Waals surface area contributed by atoms with E-state index in [1.807, 2.05) is 23.7 Å². The first kappa shape index (κ1) is 14.2. The predicted molar refractivity (Wildman–Crippen MR) is 76.0 cm³/mol. The molecule has 0 atom stereocenters. The highest BCUT2D eigenvalue weighted by Crippen LogP contribution is 2.13. The molecule has 5 heteroatoms. The third-order valence-corrected chi connectivity index (χ3v) is 3.14. The number of aryl methyl sites for hydroxylation is 3. The second-order valence-electron chi connectivity index (χ2n) is 5.15.